The number of hydrogen-bond donors (Lipinski definition) is 0. The molecule has 0 unspecified atom stereocenters. The fourth-order valence-electron chi connectivity index (χ4n) is 2.53. The van der Waals surface area contributed by atoms with Crippen LogP contribution in [0.4, 0.5) is 0 Å². The highest BCUT2D eigenvalue weighted by Gasteiger charge is 2.09. The molecule has 0 saturated carbocycles. The summed E-state index contributed by atoms with van der Waals surface area (Å²) in [5, 5.41) is 4.12. The number of pyridine rings is 1. The summed E-state index contributed by atoms with van der Waals surface area (Å²) in [6.07, 6.45) is 9.40. The van der Waals surface area contributed by atoms with Gasteiger partial charge in [0.1, 0.15) is 11.5 Å². The van der Waals surface area contributed by atoms with Crippen molar-refractivity contribution in [3.05, 3.63) is 54.6 Å². The van der Waals surface area contributed by atoms with Crippen LogP contribution in [-0.2, 0) is 20.0 Å². The van der Waals surface area contributed by atoms with Gasteiger partial charge in [0.15, 0.2) is 5.76 Å². The zero-order chi connectivity index (χ0) is 16.1. The number of imidazole rings is 1. The van der Waals surface area contributed by atoms with Crippen molar-refractivity contribution in [2.45, 2.75) is 19.4 Å². The third kappa shape index (κ3) is 4.04. The molecule has 3 heterocycles. The zero-order valence-corrected chi connectivity index (χ0v) is 13.5. The first kappa shape index (κ1) is 15.4. The molecule has 0 aliphatic rings. The highest BCUT2D eigenvalue weighted by atomic mass is 16.5. The van der Waals surface area contributed by atoms with Gasteiger partial charge in [0.25, 0.3) is 0 Å². The quantitative estimate of drug-likeness (QED) is 0.671. The van der Waals surface area contributed by atoms with Crippen LogP contribution in [-0.4, -0.2) is 38.2 Å². The normalized spacial score (nSPS) is 11.3. The van der Waals surface area contributed by atoms with Crippen molar-refractivity contribution in [1.29, 1.82) is 0 Å². The number of rotatable bonds is 7. The predicted molar refractivity (Wildman–Crippen MR) is 87.6 cm³/mol. The molecular weight excluding hydrogens is 290 g/mol. The smallest absolute Gasteiger partial charge is 0.151 e. The summed E-state index contributed by atoms with van der Waals surface area (Å²) >= 11 is 0. The molecule has 23 heavy (non-hydrogen) atoms. The molecule has 0 saturated heterocycles. The third-order valence-corrected chi connectivity index (χ3v) is 3.80. The molecule has 3 rings (SSSR count). The maximum absolute atomic E-state index is 5.43. The summed E-state index contributed by atoms with van der Waals surface area (Å²) in [5.74, 6) is 1.99. The molecule has 0 radical (unpaired) electrons. The summed E-state index contributed by atoms with van der Waals surface area (Å²) in [6, 6.07) is 5.85. The molecule has 3 aromatic rings. The van der Waals surface area contributed by atoms with E-state index in [0.717, 1.165) is 48.8 Å². The molecule has 0 spiro atoms. The van der Waals surface area contributed by atoms with E-state index in [9.17, 15) is 0 Å². The van der Waals surface area contributed by atoms with E-state index < -0.39 is 0 Å². The van der Waals surface area contributed by atoms with E-state index in [1.807, 2.05) is 37.6 Å². The van der Waals surface area contributed by atoms with Crippen LogP contribution in [0.2, 0.25) is 0 Å². The number of hydrogen-bond acceptors (Lipinski definition) is 5. The summed E-state index contributed by atoms with van der Waals surface area (Å²) in [4.78, 5) is 10.7. The van der Waals surface area contributed by atoms with Crippen LogP contribution >= 0.6 is 0 Å². The first-order valence-electron chi connectivity index (χ1n) is 7.73. The van der Waals surface area contributed by atoms with Gasteiger partial charge < -0.3 is 9.09 Å². The van der Waals surface area contributed by atoms with Crippen molar-refractivity contribution in [2.75, 3.05) is 13.6 Å². The molecule has 6 heteroatoms. The van der Waals surface area contributed by atoms with Gasteiger partial charge in [0.05, 0.1) is 6.54 Å². The van der Waals surface area contributed by atoms with E-state index in [0.29, 0.717) is 0 Å². The SMILES string of the molecule is CN(CCCc1nccn1C)Cc1cc(-c2cccnc2)no1. The molecule has 0 aromatic carbocycles. The second-order valence-electron chi connectivity index (χ2n) is 5.72. The standard InChI is InChI=1S/C17H21N5O/c1-21(9-4-6-17-19-8-10-22(17)2)13-15-11-16(20-23-15)14-5-3-7-18-12-14/h3,5,7-8,10-12H,4,6,9,13H2,1-2H3. The van der Waals surface area contributed by atoms with E-state index in [-0.39, 0.29) is 0 Å². The van der Waals surface area contributed by atoms with Crippen molar-refractivity contribution < 1.29 is 4.52 Å². The molecular formula is C17H21N5O. The molecule has 120 valence electrons. The lowest BCUT2D eigenvalue weighted by atomic mass is 10.2. The molecule has 0 aliphatic heterocycles. The van der Waals surface area contributed by atoms with E-state index in [2.05, 4.69) is 31.6 Å². The van der Waals surface area contributed by atoms with Crippen LogP contribution in [0, 0.1) is 0 Å². The Morgan fingerprint density at radius 2 is 2.22 bits per heavy atom. The van der Waals surface area contributed by atoms with Gasteiger partial charge in [-0.05, 0) is 32.1 Å². The summed E-state index contributed by atoms with van der Waals surface area (Å²) in [5.41, 5.74) is 1.80. The van der Waals surface area contributed by atoms with Crippen molar-refractivity contribution in [1.82, 2.24) is 24.6 Å². The van der Waals surface area contributed by atoms with Crippen LogP contribution in [0.3, 0.4) is 0 Å². The molecule has 0 aliphatic carbocycles. The van der Waals surface area contributed by atoms with Gasteiger partial charge in [0, 0.05) is 49.9 Å². The topological polar surface area (TPSA) is 60.0 Å². The van der Waals surface area contributed by atoms with Crippen LogP contribution in [0.15, 0.2) is 47.5 Å². The van der Waals surface area contributed by atoms with Gasteiger partial charge in [-0.15, -0.1) is 0 Å². The summed E-state index contributed by atoms with van der Waals surface area (Å²) in [6.45, 7) is 1.73. The van der Waals surface area contributed by atoms with Gasteiger partial charge >= 0.3 is 0 Å². The molecule has 6 nitrogen and oxygen atoms in total. The zero-order valence-electron chi connectivity index (χ0n) is 13.5. The van der Waals surface area contributed by atoms with E-state index >= 15 is 0 Å². The van der Waals surface area contributed by atoms with Gasteiger partial charge in [0.2, 0.25) is 0 Å². The number of aromatic nitrogens is 4. The lowest BCUT2D eigenvalue weighted by Gasteiger charge is -2.14. The Morgan fingerprint density at radius 3 is 2.96 bits per heavy atom. The molecule has 0 fully saturated rings. The average Bonchev–Trinajstić information content (AvgIpc) is 3.18. The van der Waals surface area contributed by atoms with Crippen molar-refractivity contribution >= 4 is 0 Å². The first-order valence-corrected chi connectivity index (χ1v) is 7.73. The van der Waals surface area contributed by atoms with Gasteiger partial charge in [-0.25, -0.2) is 4.98 Å². The molecule has 3 aromatic heterocycles. The second kappa shape index (κ2) is 7.19. The van der Waals surface area contributed by atoms with Crippen LogP contribution < -0.4 is 0 Å². The fourth-order valence-corrected chi connectivity index (χ4v) is 2.53. The molecule has 0 bridgehead atoms. The Kier molecular flexibility index (Phi) is 4.83. The maximum Gasteiger partial charge on any atom is 0.151 e. The van der Waals surface area contributed by atoms with E-state index in [1.54, 1.807) is 12.4 Å². The minimum atomic E-state index is 0.744. The lowest BCUT2D eigenvalue weighted by Crippen LogP contribution is -2.19. The van der Waals surface area contributed by atoms with Gasteiger partial charge in [-0.3, -0.25) is 9.88 Å². The fraction of sp³-hybridized carbons (Fsp3) is 0.353. The average molecular weight is 311 g/mol. The Morgan fingerprint density at radius 1 is 1.30 bits per heavy atom. The Labute approximate surface area is 135 Å². The van der Waals surface area contributed by atoms with Gasteiger partial charge in [-0.1, -0.05) is 5.16 Å². The Balaban J connectivity index is 1.49. The summed E-state index contributed by atoms with van der Waals surface area (Å²) in [7, 11) is 4.12. The van der Waals surface area contributed by atoms with Crippen LogP contribution in [0.25, 0.3) is 11.3 Å². The number of aryl methyl sites for hydroxylation is 2. The Bertz CT molecular complexity index is 734. The largest absolute Gasteiger partial charge is 0.359 e. The first-order chi connectivity index (χ1) is 11.2. The minimum Gasteiger partial charge on any atom is -0.359 e. The molecule has 0 N–H and O–H groups in total. The van der Waals surface area contributed by atoms with Crippen molar-refractivity contribution in [3.8, 4) is 11.3 Å². The molecule has 0 amide bonds. The molecule has 0 atom stereocenters. The number of nitrogens with zero attached hydrogens (tertiary/aromatic N) is 5. The lowest BCUT2D eigenvalue weighted by molar-refractivity contribution is 0.270. The van der Waals surface area contributed by atoms with Crippen LogP contribution in [0.5, 0.6) is 0 Å². The van der Waals surface area contributed by atoms with E-state index in [4.69, 9.17) is 4.52 Å². The highest BCUT2D eigenvalue weighted by Crippen LogP contribution is 2.18. The van der Waals surface area contributed by atoms with Crippen molar-refractivity contribution in [3.63, 3.8) is 0 Å². The van der Waals surface area contributed by atoms with E-state index in [1.165, 1.54) is 0 Å². The monoisotopic (exact) mass is 311 g/mol. The van der Waals surface area contributed by atoms with Crippen molar-refractivity contribution in [2.24, 2.45) is 7.05 Å². The predicted octanol–water partition coefficient (Wildman–Crippen LogP) is 2.53. The Hall–Kier alpha value is -2.47. The highest BCUT2D eigenvalue weighted by molar-refractivity contribution is 5.57. The third-order valence-electron chi connectivity index (χ3n) is 3.80. The minimum absolute atomic E-state index is 0.744. The van der Waals surface area contributed by atoms with Crippen LogP contribution in [0.1, 0.15) is 18.0 Å². The summed E-state index contributed by atoms with van der Waals surface area (Å²) < 4.78 is 7.49. The second-order valence-corrected chi connectivity index (χ2v) is 5.72. The maximum atomic E-state index is 5.43. The van der Waals surface area contributed by atoms with Gasteiger partial charge in [-0.2, -0.15) is 0 Å².